The normalized spacial score (nSPS) is 11.6. The predicted molar refractivity (Wildman–Crippen MR) is 74.1 cm³/mol. The zero-order valence-corrected chi connectivity index (χ0v) is 11.2. The monoisotopic (exact) mass is 261 g/mol. The number of aromatic nitrogens is 4. The average molecular weight is 261 g/mol. The fraction of sp³-hybridized carbons (Fsp3) is 0.250. The fourth-order valence-corrected chi connectivity index (χ4v) is 1.99. The Hall–Kier alpha value is -1.82. The van der Waals surface area contributed by atoms with Crippen LogP contribution in [0.5, 0.6) is 0 Å². The van der Waals surface area contributed by atoms with Crippen LogP contribution in [0.25, 0.3) is 0 Å². The Balaban J connectivity index is 1.94. The van der Waals surface area contributed by atoms with Gasteiger partial charge < -0.3 is 5.32 Å². The van der Waals surface area contributed by atoms with Gasteiger partial charge in [0, 0.05) is 11.9 Å². The molecule has 0 radical (unpaired) electrons. The topological polar surface area (TPSA) is 66.5 Å². The van der Waals surface area contributed by atoms with Crippen LogP contribution in [0.2, 0.25) is 0 Å². The number of nitrogens with zero attached hydrogens (tertiary/aromatic N) is 3. The van der Waals surface area contributed by atoms with E-state index in [9.17, 15) is 0 Å². The number of aromatic amines is 1. The lowest BCUT2D eigenvalue weighted by Gasteiger charge is -1.99. The molecule has 0 saturated heterocycles. The second kappa shape index (κ2) is 6.20. The third-order valence-electron chi connectivity index (χ3n) is 2.31. The molecule has 0 amide bonds. The van der Waals surface area contributed by atoms with Gasteiger partial charge in [0.05, 0.1) is 11.9 Å². The van der Waals surface area contributed by atoms with Crippen LogP contribution < -0.4 is 5.32 Å². The van der Waals surface area contributed by atoms with Gasteiger partial charge >= 0.3 is 0 Å². The van der Waals surface area contributed by atoms with Gasteiger partial charge in [0.25, 0.3) is 0 Å². The summed E-state index contributed by atoms with van der Waals surface area (Å²) in [5.74, 6) is 1.53. The van der Waals surface area contributed by atoms with E-state index >= 15 is 0 Å². The number of allylic oxidation sites excluding steroid dienone is 1. The number of hydrogen-bond acceptors (Lipinski definition) is 5. The molecule has 0 spiro atoms. The molecule has 18 heavy (non-hydrogen) atoms. The summed E-state index contributed by atoms with van der Waals surface area (Å²) in [6, 6.07) is 3.79. The molecule has 0 aromatic carbocycles. The molecule has 2 rings (SSSR count). The minimum atomic E-state index is 0.628. The van der Waals surface area contributed by atoms with E-state index in [0.717, 1.165) is 16.6 Å². The molecule has 2 N–H and O–H groups in total. The number of anilines is 2. The van der Waals surface area contributed by atoms with E-state index < -0.39 is 0 Å². The quantitative estimate of drug-likeness (QED) is 0.639. The molecule has 0 aliphatic rings. The lowest BCUT2D eigenvalue weighted by atomic mass is 10.3. The molecule has 2 aromatic rings. The first-order valence-corrected chi connectivity index (χ1v) is 6.60. The van der Waals surface area contributed by atoms with Crippen LogP contribution in [0.1, 0.15) is 13.8 Å². The van der Waals surface area contributed by atoms with Gasteiger partial charge in [-0.25, -0.2) is 5.10 Å². The molecule has 0 aliphatic heterocycles. The smallest absolute Gasteiger partial charge is 0.224 e. The summed E-state index contributed by atoms with van der Waals surface area (Å²) in [6.45, 7) is 4.12. The number of thioether (sulfide) groups is 1. The summed E-state index contributed by atoms with van der Waals surface area (Å²) in [5, 5.41) is 10.8. The van der Waals surface area contributed by atoms with Gasteiger partial charge in [0.1, 0.15) is 0 Å². The van der Waals surface area contributed by atoms with E-state index in [-0.39, 0.29) is 0 Å². The highest BCUT2D eigenvalue weighted by Gasteiger charge is 2.04. The van der Waals surface area contributed by atoms with Crippen LogP contribution in [0.3, 0.4) is 0 Å². The molecule has 2 aromatic heterocycles. The summed E-state index contributed by atoms with van der Waals surface area (Å²) >= 11 is 1.61. The van der Waals surface area contributed by atoms with Crippen molar-refractivity contribution in [1.82, 2.24) is 20.2 Å². The Labute approximate surface area is 110 Å². The van der Waals surface area contributed by atoms with Crippen LogP contribution in [-0.4, -0.2) is 25.9 Å². The Morgan fingerprint density at radius 2 is 2.44 bits per heavy atom. The summed E-state index contributed by atoms with van der Waals surface area (Å²) in [6.07, 6.45) is 5.56. The highest BCUT2D eigenvalue weighted by Crippen LogP contribution is 2.18. The number of rotatable bonds is 5. The lowest BCUT2D eigenvalue weighted by molar-refractivity contribution is 0.974. The molecule has 0 aliphatic carbocycles. The number of H-pyrrole nitrogens is 1. The van der Waals surface area contributed by atoms with Crippen LogP contribution in [0.15, 0.2) is 41.3 Å². The van der Waals surface area contributed by atoms with Crippen molar-refractivity contribution in [3.8, 4) is 0 Å². The third kappa shape index (κ3) is 3.59. The summed E-state index contributed by atoms with van der Waals surface area (Å²) < 4.78 is 0. The van der Waals surface area contributed by atoms with Gasteiger partial charge in [-0.3, -0.25) is 4.98 Å². The van der Waals surface area contributed by atoms with E-state index in [1.165, 1.54) is 5.57 Å². The zero-order chi connectivity index (χ0) is 12.8. The second-order valence-electron chi connectivity index (χ2n) is 3.76. The number of hydrogen-bond donors (Lipinski definition) is 2. The maximum atomic E-state index is 4.34. The molecule has 2 heterocycles. The van der Waals surface area contributed by atoms with Crippen LogP contribution in [-0.2, 0) is 0 Å². The van der Waals surface area contributed by atoms with E-state index in [0.29, 0.717) is 5.95 Å². The van der Waals surface area contributed by atoms with Crippen LogP contribution >= 0.6 is 11.8 Å². The van der Waals surface area contributed by atoms with Crippen molar-refractivity contribution in [2.45, 2.75) is 19.0 Å². The number of pyridine rings is 1. The molecule has 94 valence electrons. The van der Waals surface area contributed by atoms with E-state index in [2.05, 4.69) is 38.5 Å². The van der Waals surface area contributed by atoms with Crippen molar-refractivity contribution in [2.24, 2.45) is 0 Å². The molecule has 0 unspecified atom stereocenters. The fourth-order valence-electron chi connectivity index (χ4n) is 1.20. The lowest BCUT2D eigenvalue weighted by Crippen LogP contribution is -1.92. The zero-order valence-electron chi connectivity index (χ0n) is 10.3. The third-order valence-corrected chi connectivity index (χ3v) is 3.35. The van der Waals surface area contributed by atoms with Crippen molar-refractivity contribution in [1.29, 1.82) is 0 Å². The Morgan fingerprint density at radius 3 is 3.17 bits per heavy atom. The first-order valence-electron chi connectivity index (χ1n) is 5.62. The maximum Gasteiger partial charge on any atom is 0.224 e. The Bertz CT molecular complexity index is 520. The summed E-state index contributed by atoms with van der Waals surface area (Å²) in [5.41, 5.74) is 2.20. The second-order valence-corrected chi connectivity index (χ2v) is 4.70. The van der Waals surface area contributed by atoms with Crippen molar-refractivity contribution >= 4 is 23.4 Å². The van der Waals surface area contributed by atoms with E-state index in [4.69, 9.17) is 0 Å². The average Bonchev–Trinajstić information content (AvgIpc) is 2.85. The Morgan fingerprint density at radius 1 is 1.56 bits per heavy atom. The van der Waals surface area contributed by atoms with Crippen molar-refractivity contribution in [3.05, 3.63) is 36.2 Å². The molecule has 5 nitrogen and oxygen atoms in total. The minimum absolute atomic E-state index is 0.628. The molecule has 0 atom stereocenters. The van der Waals surface area contributed by atoms with Gasteiger partial charge in [-0.15, -0.1) is 5.10 Å². The maximum absolute atomic E-state index is 4.34. The van der Waals surface area contributed by atoms with Crippen LogP contribution in [0.4, 0.5) is 11.6 Å². The largest absolute Gasteiger partial charge is 0.323 e. The minimum Gasteiger partial charge on any atom is -0.323 e. The van der Waals surface area contributed by atoms with Crippen molar-refractivity contribution in [2.75, 3.05) is 11.1 Å². The first-order chi connectivity index (χ1) is 8.78. The first kappa shape index (κ1) is 12.6. The van der Waals surface area contributed by atoms with Gasteiger partial charge in [0.2, 0.25) is 11.1 Å². The van der Waals surface area contributed by atoms with Gasteiger partial charge in [-0.1, -0.05) is 23.4 Å². The molecule has 0 fully saturated rings. The van der Waals surface area contributed by atoms with Crippen LogP contribution in [0, 0.1) is 0 Å². The van der Waals surface area contributed by atoms with Crippen molar-refractivity contribution in [3.63, 3.8) is 0 Å². The summed E-state index contributed by atoms with van der Waals surface area (Å²) in [7, 11) is 0. The van der Waals surface area contributed by atoms with E-state index in [1.807, 2.05) is 19.1 Å². The molecular formula is C12H15N5S. The molecule has 0 saturated carbocycles. The van der Waals surface area contributed by atoms with Gasteiger partial charge in [0.15, 0.2) is 0 Å². The van der Waals surface area contributed by atoms with Gasteiger partial charge in [-0.05, 0) is 26.0 Å². The SMILES string of the molecule is CC=C(C)CSc1n[nH]c(Nc2cccnc2)n1. The molecule has 6 heteroatoms. The van der Waals surface area contributed by atoms with Crippen molar-refractivity contribution < 1.29 is 0 Å². The Kier molecular flexibility index (Phi) is 4.35. The predicted octanol–water partition coefficient (Wildman–Crippen LogP) is 3.00. The highest BCUT2D eigenvalue weighted by molar-refractivity contribution is 7.99. The highest BCUT2D eigenvalue weighted by atomic mass is 32.2. The van der Waals surface area contributed by atoms with Gasteiger partial charge in [-0.2, -0.15) is 4.98 Å². The molecule has 0 bridgehead atoms. The molecular weight excluding hydrogens is 246 g/mol. The summed E-state index contributed by atoms with van der Waals surface area (Å²) in [4.78, 5) is 8.36. The van der Waals surface area contributed by atoms with E-state index in [1.54, 1.807) is 24.2 Å². The number of nitrogens with one attached hydrogen (secondary N) is 2. The standard InChI is InChI=1S/C12H15N5S/c1-3-9(2)8-18-12-15-11(16-17-12)14-10-5-4-6-13-7-10/h3-7H,8H2,1-2H3,(H2,14,15,16,17).